The van der Waals surface area contributed by atoms with E-state index in [1.165, 1.54) is 6.33 Å². The highest BCUT2D eigenvalue weighted by atomic mass is 16.5. The van der Waals surface area contributed by atoms with Gasteiger partial charge in [-0.3, -0.25) is 0 Å². The van der Waals surface area contributed by atoms with E-state index in [-0.39, 0.29) is 0 Å². The average Bonchev–Trinajstić information content (AvgIpc) is 3.21. The minimum absolute atomic E-state index is 0.535. The molecule has 0 spiro atoms. The third-order valence-electron chi connectivity index (χ3n) is 4.94. The fraction of sp³-hybridized carbons (Fsp3) is 0.0400. The average molecular weight is 393 g/mol. The number of aromatic nitrogens is 2. The first kappa shape index (κ1) is 17.9. The largest absolute Gasteiger partial charge is 0.497 e. The van der Waals surface area contributed by atoms with Gasteiger partial charge in [0.2, 0.25) is 5.71 Å². The standard InChI is InChI=1S/C25H19N3O2/c1-29-20-14-12-17(13-15-20)21-22-24(28-19-10-6-3-7-11-19)26-16-27-25(22)30-23(21)18-8-4-2-5-9-18/h2-16H,1H3,(H,26,27,28). The minimum Gasteiger partial charge on any atom is -0.497 e. The first-order valence-corrected chi connectivity index (χ1v) is 9.63. The van der Waals surface area contributed by atoms with Crippen LogP contribution >= 0.6 is 0 Å². The molecule has 0 fully saturated rings. The molecule has 0 bridgehead atoms. The van der Waals surface area contributed by atoms with Crippen LogP contribution in [0.2, 0.25) is 0 Å². The number of nitrogens with one attached hydrogen (secondary N) is 1. The molecular weight excluding hydrogens is 374 g/mol. The molecule has 2 aromatic heterocycles. The lowest BCUT2D eigenvalue weighted by Gasteiger charge is -2.09. The van der Waals surface area contributed by atoms with Crippen LogP contribution in [0.25, 0.3) is 33.6 Å². The molecule has 3 aromatic carbocycles. The van der Waals surface area contributed by atoms with Crippen molar-refractivity contribution in [3.63, 3.8) is 0 Å². The number of benzene rings is 3. The number of para-hydroxylation sites is 1. The molecule has 5 heteroatoms. The molecule has 1 N–H and O–H groups in total. The smallest absolute Gasteiger partial charge is 0.232 e. The summed E-state index contributed by atoms with van der Waals surface area (Å²) in [7, 11) is 1.66. The van der Waals surface area contributed by atoms with Gasteiger partial charge >= 0.3 is 0 Å². The van der Waals surface area contributed by atoms with E-state index in [2.05, 4.69) is 15.3 Å². The molecule has 0 aliphatic carbocycles. The summed E-state index contributed by atoms with van der Waals surface area (Å²) in [4.78, 5) is 8.93. The van der Waals surface area contributed by atoms with Crippen LogP contribution in [-0.4, -0.2) is 17.1 Å². The highest BCUT2D eigenvalue weighted by Crippen LogP contribution is 2.43. The second-order valence-electron chi connectivity index (χ2n) is 6.79. The molecule has 0 atom stereocenters. The lowest BCUT2D eigenvalue weighted by molar-refractivity contribution is 0.415. The zero-order chi connectivity index (χ0) is 20.3. The van der Waals surface area contributed by atoms with Crippen molar-refractivity contribution in [1.82, 2.24) is 9.97 Å². The Hall–Kier alpha value is -4.12. The summed E-state index contributed by atoms with van der Waals surface area (Å²) in [5.41, 5.74) is 4.40. The number of furan rings is 1. The van der Waals surface area contributed by atoms with Crippen LogP contribution in [0.4, 0.5) is 11.5 Å². The van der Waals surface area contributed by atoms with Gasteiger partial charge in [0.15, 0.2) is 0 Å². The summed E-state index contributed by atoms with van der Waals surface area (Å²) in [6.07, 6.45) is 1.52. The maximum absolute atomic E-state index is 6.25. The number of hydrogen-bond acceptors (Lipinski definition) is 5. The van der Waals surface area contributed by atoms with E-state index in [4.69, 9.17) is 9.15 Å². The molecule has 0 unspecified atom stereocenters. The monoisotopic (exact) mass is 393 g/mol. The number of hydrogen-bond donors (Lipinski definition) is 1. The molecular formula is C25H19N3O2. The molecule has 0 saturated heterocycles. The molecule has 0 radical (unpaired) electrons. The van der Waals surface area contributed by atoms with Gasteiger partial charge in [-0.2, -0.15) is 0 Å². The Bertz CT molecular complexity index is 1280. The summed E-state index contributed by atoms with van der Waals surface area (Å²) in [5.74, 6) is 2.25. The van der Waals surface area contributed by atoms with E-state index in [1.807, 2.05) is 84.9 Å². The highest BCUT2D eigenvalue weighted by molar-refractivity contribution is 6.06. The van der Waals surface area contributed by atoms with E-state index in [0.29, 0.717) is 11.5 Å². The van der Waals surface area contributed by atoms with Crippen molar-refractivity contribution in [1.29, 1.82) is 0 Å². The number of methoxy groups -OCH3 is 1. The summed E-state index contributed by atoms with van der Waals surface area (Å²) in [6.45, 7) is 0. The lowest BCUT2D eigenvalue weighted by Crippen LogP contribution is -1.95. The number of nitrogens with zero attached hydrogens (tertiary/aromatic N) is 2. The highest BCUT2D eigenvalue weighted by Gasteiger charge is 2.22. The second-order valence-corrected chi connectivity index (χ2v) is 6.79. The Balaban J connectivity index is 1.76. The Kier molecular flexibility index (Phi) is 4.62. The lowest BCUT2D eigenvalue weighted by atomic mass is 9.99. The van der Waals surface area contributed by atoms with Gasteiger partial charge in [0.1, 0.15) is 23.7 Å². The van der Waals surface area contributed by atoms with Gasteiger partial charge in [-0.15, -0.1) is 0 Å². The van der Waals surface area contributed by atoms with Crippen molar-refractivity contribution in [2.24, 2.45) is 0 Å². The molecule has 30 heavy (non-hydrogen) atoms. The minimum atomic E-state index is 0.535. The van der Waals surface area contributed by atoms with Gasteiger partial charge in [0.25, 0.3) is 0 Å². The number of ether oxygens (including phenoxy) is 1. The topological polar surface area (TPSA) is 60.2 Å². The van der Waals surface area contributed by atoms with Crippen molar-refractivity contribution >= 4 is 22.6 Å². The third kappa shape index (κ3) is 3.26. The van der Waals surface area contributed by atoms with Crippen LogP contribution in [0.1, 0.15) is 0 Å². The van der Waals surface area contributed by atoms with Crippen LogP contribution in [0.5, 0.6) is 5.75 Å². The van der Waals surface area contributed by atoms with Crippen molar-refractivity contribution in [3.05, 3.63) is 91.3 Å². The van der Waals surface area contributed by atoms with E-state index < -0.39 is 0 Å². The van der Waals surface area contributed by atoms with Crippen molar-refractivity contribution in [2.75, 3.05) is 12.4 Å². The molecule has 0 aliphatic rings. The van der Waals surface area contributed by atoms with E-state index in [1.54, 1.807) is 7.11 Å². The molecule has 5 nitrogen and oxygen atoms in total. The predicted molar refractivity (Wildman–Crippen MR) is 119 cm³/mol. The normalized spacial score (nSPS) is 10.8. The van der Waals surface area contributed by atoms with Crippen molar-refractivity contribution in [2.45, 2.75) is 0 Å². The maximum Gasteiger partial charge on any atom is 0.232 e. The van der Waals surface area contributed by atoms with Gasteiger partial charge in [0.05, 0.1) is 12.5 Å². The fourth-order valence-corrected chi connectivity index (χ4v) is 3.51. The van der Waals surface area contributed by atoms with Crippen LogP contribution in [0.3, 0.4) is 0 Å². The Labute approximate surface area is 174 Å². The summed E-state index contributed by atoms with van der Waals surface area (Å²) < 4.78 is 11.6. The van der Waals surface area contributed by atoms with Gasteiger partial charge in [-0.05, 0) is 29.8 Å². The van der Waals surface area contributed by atoms with E-state index >= 15 is 0 Å². The van der Waals surface area contributed by atoms with E-state index in [0.717, 1.165) is 39.3 Å². The second kappa shape index (κ2) is 7.72. The molecule has 0 saturated carbocycles. The Morgan fingerprint density at radius 2 is 1.47 bits per heavy atom. The van der Waals surface area contributed by atoms with Gasteiger partial charge in [-0.1, -0.05) is 60.7 Å². The number of rotatable bonds is 5. The van der Waals surface area contributed by atoms with E-state index in [9.17, 15) is 0 Å². The number of fused-ring (bicyclic) bond motifs is 1. The molecule has 5 aromatic rings. The fourth-order valence-electron chi connectivity index (χ4n) is 3.51. The quantitative estimate of drug-likeness (QED) is 0.379. The predicted octanol–water partition coefficient (Wildman–Crippen LogP) is 6.31. The maximum atomic E-state index is 6.25. The van der Waals surface area contributed by atoms with Gasteiger partial charge in [-0.25, -0.2) is 9.97 Å². The summed E-state index contributed by atoms with van der Waals surface area (Å²) >= 11 is 0. The van der Waals surface area contributed by atoms with Gasteiger partial charge in [0, 0.05) is 16.8 Å². The first-order chi connectivity index (χ1) is 14.8. The summed E-state index contributed by atoms with van der Waals surface area (Å²) in [5, 5.41) is 4.25. The van der Waals surface area contributed by atoms with Crippen LogP contribution in [-0.2, 0) is 0 Å². The summed E-state index contributed by atoms with van der Waals surface area (Å²) in [6, 6.07) is 27.9. The Morgan fingerprint density at radius 3 is 2.17 bits per heavy atom. The zero-order valence-corrected chi connectivity index (χ0v) is 16.4. The van der Waals surface area contributed by atoms with Crippen molar-refractivity contribution < 1.29 is 9.15 Å². The van der Waals surface area contributed by atoms with Crippen molar-refractivity contribution in [3.8, 4) is 28.2 Å². The SMILES string of the molecule is COc1ccc(-c2c(-c3ccccc3)oc3ncnc(Nc4ccccc4)c23)cc1. The zero-order valence-electron chi connectivity index (χ0n) is 16.4. The van der Waals surface area contributed by atoms with Crippen LogP contribution in [0, 0.1) is 0 Å². The van der Waals surface area contributed by atoms with Crippen LogP contribution in [0.15, 0.2) is 95.7 Å². The first-order valence-electron chi connectivity index (χ1n) is 9.63. The molecule has 146 valence electrons. The Morgan fingerprint density at radius 1 is 0.767 bits per heavy atom. The van der Waals surface area contributed by atoms with Crippen LogP contribution < -0.4 is 10.1 Å². The third-order valence-corrected chi connectivity index (χ3v) is 4.94. The molecule has 5 rings (SSSR count). The van der Waals surface area contributed by atoms with Gasteiger partial charge < -0.3 is 14.5 Å². The molecule has 2 heterocycles. The molecule has 0 aliphatic heterocycles. The number of anilines is 2. The molecule has 0 amide bonds.